The Bertz CT molecular complexity index is 1010. The summed E-state index contributed by atoms with van der Waals surface area (Å²) < 4.78 is 2.53. The van der Waals surface area contributed by atoms with Crippen LogP contribution in [0.25, 0.3) is 4.96 Å². The number of fused-ring (bicyclic) bond motifs is 1. The lowest BCUT2D eigenvalue weighted by molar-refractivity contribution is -0.130. The van der Waals surface area contributed by atoms with Gasteiger partial charge in [0.05, 0.1) is 10.9 Å². The molecule has 148 valence electrons. The van der Waals surface area contributed by atoms with Crippen LogP contribution >= 0.6 is 27.3 Å². The summed E-state index contributed by atoms with van der Waals surface area (Å²) in [4.78, 5) is 21.9. The maximum absolute atomic E-state index is 11.7. The third-order valence-electron chi connectivity index (χ3n) is 5.10. The molecule has 0 saturated carbocycles. The van der Waals surface area contributed by atoms with Crippen molar-refractivity contribution in [1.29, 1.82) is 0 Å². The monoisotopic (exact) mass is 463 g/mol. The van der Waals surface area contributed by atoms with Gasteiger partial charge in [-0.3, -0.25) is 9.69 Å². The molecule has 1 aromatic carbocycles. The Morgan fingerprint density at radius 2 is 2.07 bits per heavy atom. The van der Waals surface area contributed by atoms with Crippen LogP contribution in [0, 0.1) is 0 Å². The molecule has 4 rings (SSSR count). The molecule has 1 N–H and O–H groups in total. The van der Waals surface area contributed by atoms with Crippen LogP contribution in [0.15, 0.2) is 28.7 Å². The minimum Gasteiger partial charge on any atom is -0.492 e. The summed E-state index contributed by atoms with van der Waals surface area (Å²) in [5.41, 5.74) is 1.08. The average molecular weight is 464 g/mol. The number of aromatic hydroxyl groups is 1. The Kier molecular flexibility index (Phi) is 5.39. The fourth-order valence-corrected chi connectivity index (χ4v) is 5.17. The van der Waals surface area contributed by atoms with Gasteiger partial charge in [0.1, 0.15) is 0 Å². The van der Waals surface area contributed by atoms with Gasteiger partial charge in [-0.1, -0.05) is 46.3 Å². The fourth-order valence-electron chi connectivity index (χ4n) is 3.62. The SMILES string of the molecule is CCc1nc2sc(C(c3cccc(Br)c3)N3CCN(C(C)=O)CC3)c(O)n2n1. The highest BCUT2D eigenvalue weighted by molar-refractivity contribution is 9.10. The molecule has 0 radical (unpaired) electrons. The molecule has 7 nitrogen and oxygen atoms in total. The first-order chi connectivity index (χ1) is 13.5. The quantitative estimate of drug-likeness (QED) is 0.643. The predicted octanol–water partition coefficient (Wildman–Crippen LogP) is 3.07. The number of thiazole rings is 1. The van der Waals surface area contributed by atoms with E-state index in [1.54, 1.807) is 6.92 Å². The van der Waals surface area contributed by atoms with Crippen molar-refractivity contribution in [2.24, 2.45) is 0 Å². The Labute approximate surface area is 175 Å². The Morgan fingerprint density at radius 3 is 2.68 bits per heavy atom. The number of nitrogens with zero attached hydrogens (tertiary/aromatic N) is 5. The minimum absolute atomic E-state index is 0.104. The first-order valence-corrected chi connectivity index (χ1v) is 10.9. The van der Waals surface area contributed by atoms with Gasteiger partial charge in [-0.05, 0) is 17.7 Å². The molecule has 1 aliphatic rings. The highest BCUT2D eigenvalue weighted by Crippen LogP contribution is 2.40. The lowest BCUT2D eigenvalue weighted by Gasteiger charge is -2.38. The number of halogens is 1. The normalized spacial score (nSPS) is 16.6. The van der Waals surface area contributed by atoms with Crippen molar-refractivity contribution < 1.29 is 9.90 Å². The van der Waals surface area contributed by atoms with Crippen molar-refractivity contribution in [2.75, 3.05) is 26.2 Å². The largest absolute Gasteiger partial charge is 0.492 e. The van der Waals surface area contributed by atoms with Crippen molar-refractivity contribution in [3.05, 3.63) is 45.0 Å². The highest BCUT2D eigenvalue weighted by Gasteiger charge is 2.32. The molecule has 1 atom stereocenters. The summed E-state index contributed by atoms with van der Waals surface area (Å²) in [5.74, 6) is 0.973. The molecule has 0 spiro atoms. The van der Waals surface area contributed by atoms with Gasteiger partial charge in [-0.15, -0.1) is 5.10 Å². The second-order valence-corrected chi connectivity index (χ2v) is 8.79. The fraction of sp³-hybridized carbons (Fsp3) is 0.421. The standard InChI is InChI=1S/C19H22BrN5O2S/c1-3-15-21-19-25(22-15)18(27)17(28-19)16(13-5-4-6-14(20)11-13)24-9-7-23(8-10-24)12(2)26/h4-6,11,16,27H,3,7-10H2,1-2H3. The minimum atomic E-state index is -0.120. The van der Waals surface area contributed by atoms with Gasteiger partial charge < -0.3 is 10.0 Å². The molecule has 1 saturated heterocycles. The number of carbonyl (C=O) groups is 1. The number of piperazine rings is 1. The van der Waals surface area contributed by atoms with Crippen molar-refractivity contribution in [2.45, 2.75) is 26.3 Å². The van der Waals surface area contributed by atoms with E-state index >= 15 is 0 Å². The molecule has 2 aromatic heterocycles. The molecule has 0 aliphatic carbocycles. The van der Waals surface area contributed by atoms with E-state index in [9.17, 15) is 9.90 Å². The van der Waals surface area contributed by atoms with Gasteiger partial charge in [0, 0.05) is 44.0 Å². The van der Waals surface area contributed by atoms with Crippen LogP contribution in [0.2, 0.25) is 0 Å². The third kappa shape index (κ3) is 3.54. The van der Waals surface area contributed by atoms with E-state index in [0.717, 1.165) is 40.2 Å². The number of hydrogen-bond donors (Lipinski definition) is 1. The van der Waals surface area contributed by atoms with Crippen LogP contribution in [0.3, 0.4) is 0 Å². The number of hydrogen-bond acceptors (Lipinski definition) is 6. The van der Waals surface area contributed by atoms with Gasteiger partial charge in [-0.25, -0.2) is 4.98 Å². The summed E-state index contributed by atoms with van der Waals surface area (Å²) in [6, 6.07) is 8.02. The summed E-state index contributed by atoms with van der Waals surface area (Å²) in [6.07, 6.45) is 0.727. The number of benzene rings is 1. The van der Waals surface area contributed by atoms with Crippen LogP contribution < -0.4 is 0 Å². The van der Waals surface area contributed by atoms with Gasteiger partial charge in [-0.2, -0.15) is 4.52 Å². The van der Waals surface area contributed by atoms with E-state index < -0.39 is 0 Å². The number of carbonyl (C=O) groups excluding carboxylic acids is 1. The number of aromatic nitrogens is 3. The lowest BCUT2D eigenvalue weighted by Crippen LogP contribution is -2.49. The van der Waals surface area contributed by atoms with Crippen molar-refractivity contribution in [3.63, 3.8) is 0 Å². The summed E-state index contributed by atoms with van der Waals surface area (Å²) in [6.45, 7) is 6.45. The molecule has 3 aromatic rings. The van der Waals surface area contributed by atoms with E-state index in [-0.39, 0.29) is 17.8 Å². The van der Waals surface area contributed by atoms with Crippen molar-refractivity contribution in [3.8, 4) is 5.88 Å². The molecule has 1 amide bonds. The Hall–Kier alpha value is -1.97. The van der Waals surface area contributed by atoms with Crippen LogP contribution in [-0.4, -0.2) is 61.6 Å². The zero-order valence-corrected chi connectivity index (χ0v) is 18.2. The lowest BCUT2D eigenvalue weighted by atomic mass is 10.0. The predicted molar refractivity (Wildman–Crippen MR) is 112 cm³/mol. The van der Waals surface area contributed by atoms with E-state index in [4.69, 9.17) is 0 Å². The van der Waals surface area contributed by atoms with Crippen LogP contribution in [0.1, 0.15) is 36.2 Å². The van der Waals surface area contributed by atoms with Gasteiger partial charge in [0.25, 0.3) is 0 Å². The molecule has 1 fully saturated rings. The maximum atomic E-state index is 11.7. The van der Waals surface area contributed by atoms with Gasteiger partial charge in [0.2, 0.25) is 16.7 Å². The van der Waals surface area contributed by atoms with Gasteiger partial charge in [0.15, 0.2) is 5.82 Å². The number of rotatable bonds is 4. The van der Waals surface area contributed by atoms with Gasteiger partial charge >= 0.3 is 0 Å². The summed E-state index contributed by atoms with van der Waals surface area (Å²) >= 11 is 5.03. The Balaban J connectivity index is 1.74. The third-order valence-corrected chi connectivity index (χ3v) is 6.66. The highest BCUT2D eigenvalue weighted by atomic mass is 79.9. The van der Waals surface area contributed by atoms with E-state index in [1.165, 1.54) is 15.9 Å². The maximum Gasteiger partial charge on any atom is 0.230 e. The zero-order chi connectivity index (χ0) is 19.8. The van der Waals surface area contributed by atoms with Crippen LogP contribution in [-0.2, 0) is 11.2 Å². The second kappa shape index (κ2) is 7.81. The number of amides is 1. The van der Waals surface area contributed by atoms with Crippen molar-refractivity contribution in [1.82, 2.24) is 24.4 Å². The second-order valence-electron chi connectivity index (χ2n) is 6.87. The van der Waals surface area contributed by atoms with E-state index in [0.29, 0.717) is 18.1 Å². The summed E-state index contributed by atoms with van der Waals surface area (Å²) in [5, 5.41) is 15.3. The van der Waals surface area contributed by atoms with Crippen molar-refractivity contribution >= 4 is 38.1 Å². The zero-order valence-electron chi connectivity index (χ0n) is 15.8. The van der Waals surface area contributed by atoms with E-state index in [2.05, 4.69) is 43.0 Å². The van der Waals surface area contributed by atoms with Crippen LogP contribution in [0.5, 0.6) is 5.88 Å². The Morgan fingerprint density at radius 1 is 1.32 bits per heavy atom. The smallest absolute Gasteiger partial charge is 0.230 e. The number of aryl methyl sites for hydroxylation is 1. The molecule has 28 heavy (non-hydrogen) atoms. The molecule has 1 aliphatic heterocycles. The average Bonchev–Trinajstić information content (AvgIpc) is 3.22. The molecular weight excluding hydrogens is 442 g/mol. The van der Waals surface area contributed by atoms with Crippen LogP contribution in [0.4, 0.5) is 0 Å². The first-order valence-electron chi connectivity index (χ1n) is 9.30. The first kappa shape index (κ1) is 19.4. The topological polar surface area (TPSA) is 74.0 Å². The summed E-state index contributed by atoms with van der Waals surface area (Å²) in [7, 11) is 0. The molecule has 0 bridgehead atoms. The molecule has 9 heteroatoms. The van der Waals surface area contributed by atoms with E-state index in [1.807, 2.05) is 24.0 Å². The molecule has 1 unspecified atom stereocenters. The molecular formula is C19H22BrN5O2S. The molecule has 3 heterocycles.